The molecular formula is C12H17F3N4. The van der Waals surface area contributed by atoms with E-state index >= 15 is 0 Å². The normalized spacial score (nSPS) is 18.5. The third kappa shape index (κ3) is 3.51. The van der Waals surface area contributed by atoms with Gasteiger partial charge >= 0.3 is 6.18 Å². The number of likely N-dealkylation sites (N-methyl/N-ethyl adjacent to an activating group) is 1. The Kier molecular flexibility index (Phi) is 3.86. The molecule has 106 valence electrons. The van der Waals surface area contributed by atoms with Gasteiger partial charge in [-0.3, -0.25) is 0 Å². The topological polar surface area (TPSA) is 44.5 Å². The van der Waals surface area contributed by atoms with Gasteiger partial charge in [-0.05, 0) is 25.2 Å². The van der Waals surface area contributed by atoms with Crippen molar-refractivity contribution in [3.05, 3.63) is 23.8 Å². The van der Waals surface area contributed by atoms with E-state index in [0.29, 0.717) is 5.69 Å². The Balaban J connectivity index is 2.09. The third-order valence-electron chi connectivity index (χ3n) is 3.15. The molecular weight excluding hydrogens is 257 g/mol. The Bertz CT molecular complexity index is 439. The summed E-state index contributed by atoms with van der Waals surface area (Å²) in [6.07, 6.45) is -4.43. The fourth-order valence-electron chi connectivity index (χ4n) is 1.97. The van der Waals surface area contributed by atoms with E-state index < -0.39 is 11.7 Å². The monoisotopic (exact) mass is 274 g/mol. The molecule has 1 aromatic carbocycles. The summed E-state index contributed by atoms with van der Waals surface area (Å²) >= 11 is 0. The molecule has 1 heterocycles. The molecule has 0 spiro atoms. The molecule has 19 heavy (non-hydrogen) atoms. The van der Waals surface area contributed by atoms with Gasteiger partial charge in [0.25, 0.3) is 0 Å². The van der Waals surface area contributed by atoms with Crippen LogP contribution in [0.15, 0.2) is 18.2 Å². The number of benzene rings is 1. The fraction of sp³-hybridized carbons (Fsp3) is 0.500. The molecule has 7 heteroatoms. The molecule has 0 aliphatic carbocycles. The van der Waals surface area contributed by atoms with Gasteiger partial charge in [0.05, 0.1) is 5.56 Å². The van der Waals surface area contributed by atoms with Gasteiger partial charge in [-0.1, -0.05) is 0 Å². The highest BCUT2D eigenvalue weighted by Crippen LogP contribution is 2.35. The van der Waals surface area contributed by atoms with E-state index in [1.54, 1.807) is 6.07 Å². The van der Waals surface area contributed by atoms with E-state index in [1.165, 1.54) is 6.07 Å². The van der Waals surface area contributed by atoms with Crippen molar-refractivity contribution in [2.24, 2.45) is 0 Å². The number of nitrogens with one attached hydrogen (secondary N) is 1. The first kappa shape index (κ1) is 14.0. The van der Waals surface area contributed by atoms with Crippen LogP contribution < -0.4 is 11.2 Å². The smallest absolute Gasteiger partial charge is 0.398 e. The summed E-state index contributed by atoms with van der Waals surface area (Å²) in [4.78, 5) is 2.17. The standard InChI is InChI=1S/C12H17F3N4/c1-18-4-6-19(7-5-18)17-9-2-3-11(16)10(8-9)12(13,14)15/h2-3,8,17H,4-7,16H2,1H3. The number of hydrogen-bond acceptors (Lipinski definition) is 4. The quantitative estimate of drug-likeness (QED) is 0.808. The summed E-state index contributed by atoms with van der Waals surface area (Å²) in [5.41, 5.74) is 7.71. The van der Waals surface area contributed by atoms with Crippen molar-refractivity contribution in [1.29, 1.82) is 0 Å². The lowest BCUT2D eigenvalue weighted by molar-refractivity contribution is -0.136. The highest BCUT2D eigenvalue weighted by atomic mass is 19.4. The molecule has 0 unspecified atom stereocenters. The van der Waals surface area contributed by atoms with Crippen LogP contribution in [0.2, 0.25) is 0 Å². The van der Waals surface area contributed by atoms with Crippen LogP contribution in [-0.4, -0.2) is 43.1 Å². The summed E-state index contributed by atoms with van der Waals surface area (Å²) in [6, 6.07) is 3.89. The molecule has 1 aromatic rings. The van der Waals surface area contributed by atoms with Crippen LogP contribution in [-0.2, 0) is 6.18 Å². The molecule has 3 N–H and O–H groups in total. The Morgan fingerprint density at radius 3 is 2.37 bits per heavy atom. The first-order valence-corrected chi connectivity index (χ1v) is 6.03. The number of nitrogen functional groups attached to an aromatic ring is 1. The maximum absolute atomic E-state index is 12.7. The largest absolute Gasteiger partial charge is 0.418 e. The average Bonchev–Trinajstić information content (AvgIpc) is 2.33. The van der Waals surface area contributed by atoms with Gasteiger partial charge in [-0.25, -0.2) is 5.01 Å². The zero-order valence-electron chi connectivity index (χ0n) is 10.7. The Morgan fingerprint density at radius 1 is 1.16 bits per heavy atom. The predicted octanol–water partition coefficient (Wildman–Crippen LogP) is 1.86. The Hall–Kier alpha value is -1.47. The number of hydrogen-bond donors (Lipinski definition) is 2. The molecule has 2 rings (SSSR count). The van der Waals surface area contributed by atoms with Crippen molar-refractivity contribution in [1.82, 2.24) is 9.91 Å². The van der Waals surface area contributed by atoms with Crippen molar-refractivity contribution in [2.75, 3.05) is 44.4 Å². The lowest BCUT2D eigenvalue weighted by Crippen LogP contribution is -2.46. The van der Waals surface area contributed by atoms with Crippen molar-refractivity contribution in [2.45, 2.75) is 6.18 Å². The highest BCUT2D eigenvalue weighted by Gasteiger charge is 2.33. The second-order valence-corrected chi connectivity index (χ2v) is 4.70. The van der Waals surface area contributed by atoms with Crippen LogP contribution >= 0.6 is 0 Å². The van der Waals surface area contributed by atoms with E-state index in [4.69, 9.17) is 5.73 Å². The van der Waals surface area contributed by atoms with Crippen LogP contribution in [0.25, 0.3) is 0 Å². The van der Waals surface area contributed by atoms with Crippen molar-refractivity contribution in [3.63, 3.8) is 0 Å². The number of halogens is 3. The number of alkyl halides is 3. The third-order valence-corrected chi connectivity index (χ3v) is 3.15. The minimum Gasteiger partial charge on any atom is -0.398 e. The minimum absolute atomic E-state index is 0.253. The highest BCUT2D eigenvalue weighted by molar-refractivity contribution is 5.58. The van der Waals surface area contributed by atoms with Crippen LogP contribution in [0, 0.1) is 0 Å². The first-order chi connectivity index (χ1) is 8.86. The molecule has 0 saturated carbocycles. The number of nitrogens with two attached hydrogens (primary N) is 1. The molecule has 0 bridgehead atoms. The second kappa shape index (κ2) is 5.26. The molecule has 1 aliphatic heterocycles. The number of piperazine rings is 1. The lowest BCUT2D eigenvalue weighted by Gasteiger charge is -2.33. The van der Waals surface area contributed by atoms with Gasteiger partial charge in [0.1, 0.15) is 0 Å². The number of nitrogens with zero attached hydrogens (tertiary/aromatic N) is 2. The van der Waals surface area contributed by atoms with Gasteiger partial charge in [-0.15, -0.1) is 0 Å². The maximum atomic E-state index is 12.7. The summed E-state index contributed by atoms with van der Waals surface area (Å²) in [6.45, 7) is 3.30. The number of rotatable bonds is 2. The Morgan fingerprint density at radius 2 is 1.79 bits per heavy atom. The molecule has 1 saturated heterocycles. The van der Waals surface area contributed by atoms with Gasteiger partial charge in [0.15, 0.2) is 0 Å². The average molecular weight is 274 g/mol. The summed E-state index contributed by atoms with van der Waals surface area (Å²) in [5, 5.41) is 1.91. The summed E-state index contributed by atoms with van der Waals surface area (Å²) < 4.78 is 38.2. The van der Waals surface area contributed by atoms with Crippen molar-refractivity contribution < 1.29 is 13.2 Å². The van der Waals surface area contributed by atoms with Crippen LogP contribution in [0.1, 0.15) is 5.56 Å². The molecule has 0 atom stereocenters. The SMILES string of the molecule is CN1CCN(Nc2ccc(N)c(C(F)(F)F)c2)CC1. The molecule has 0 amide bonds. The maximum Gasteiger partial charge on any atom is 0.418 e. The molecule has 0 aromatic heterocycles. The Labute approximate surface area is 109 Å². The van der Waals surface area contributed by atoms with Crippen LogP contribution in [0.5, 0.6) is 0 Å². The molecule has 1 aliphatic rings. The van der Waals surface area contributed by atoms with E-state index in [0.717, 1.165) is 32.2 Å². The van der Waals surface area contributed by atoms with Gasteiger partial charge < -0.3 is 16.1 Å². The van der Waals surface area contributed by atoms with Crippen LogP contribution in [0.4, 0.5) is 24.5 Å². The van der Waals surface area contributed by atoms with Crippen LogP contribution in [0.3, 0.4) is 0 Å². The second-order valence-electron chi connectivity index (χ2n) is 4.70. The van der Waals surface area contributed by atoms with E-state index in [1.807, 2.05) is 12.1 Å². The summed E-state index contributed by atoms with van der Waals surface area (Å²) in [5.74, 6) is 0. The van der Waals surface area contributed by atoms with Crippen molar-refractivity contribution >= 4 is 11.4 Å². The van der Waals surface area contributed by atoms with Gasteiger partial charge in [-0.2, -0.15) is 13.2 Å². The minimum atomic E-state index is -4.43. The number of anilines is 2. The molecule has 4 nitrogen and oxygen atoms in total. The fourth-order valence-corrected chi connectivity index (χ4v) is 1.97. The lowest BCUT2D eigenvalue weighted by atomic mass is 10.1. The zero-order chi connectivity index (χ0) is 14.0. The van der Waals surface area contributed by atoms with Gasteiger partial charge in [0, 0.05) is 37.6 Å². The van der Waals surface area contributed by atoms with E-state index in [2.05, 4.69) is 10.3 Å². The first-order valence-electron chi connectivity index (χ1n) is 6.03. The predicted molar refractivity (Wildman–Crippen MR) is 68.5 cm³/mol. The molecule has 0 radical (unpaired) electrons. The zero-order valence-corrected chi connectivity index (χ0v) is 10.7. The number of hydrazine groups is 1. The van der Waals surface area contributed by atoms with Gasteiger partial charge in [0.2, 0.25) is 0 Å². The molecule has 1 fully saturated rings. The van der Waals surface area contributed by atoms with E-state index in [9.17, 15) is 13.2 Å². The van der Waals surface area contributed by atoms with Crippen molar-refractivity contribution in [3.8, 4) is 0 Å². The summed E-state index contributed by atoms with van der Waals surface area (Å²) in [7, 11) is 2.02. The van der Waals surface area contributed by atoms with E-state index in [-0.39, 0.29) is 5.69 Å².